The van der Waals surface area contributed by atoms with Crippen molar-refractivity contribution in [3.63, 3.8) is 0 Å². The van der Waals surface area contributed by atoms with Crippen molar-refractivity contribution in [2.45, 2.75) is 38.6 Å². The second-order valence-electron chi connectivity index (χ2n) is 4.85. The van der Waals surface area contributed by atoms with Gasteiger partial charge in [0.15, 0.2) is 0 Å². The van der Waals surface area contributed by atoms with Gasteiger partial charge in [-0.25, -0.2) is 4.79 Å². The van der Waals surface area contributed by atoms with Crippen LogP contribution >= 0.6 is 0 Å². The van der Waals surface area contributed by atoms with Crippen LogP contribution in [0.25, 0.3) is 0 Å². The number of nitrogens with zero attached hydrogens (tertiary/aromatic N) is 1. The lowest BCUT2D eigenvalue weighted by atomic mass is 10.1. The van der Waals surface area contributed by atoms with Gasteiger partial charge in [-0.05, 0) is 37.5 Å². The number of benzene rings is 1. The highest BCUT2D eigenvalue weighted by Crippen LogP contribution is 2.33. The monoisotopic (exact) mass is 248 g/mol. The number of unbranched alkanes of at least 4 members (excludes halogenated alkanes) is 1. The Morgan fingerprint density at radius 3 is 2.72 bits per heavy atom. The third-order valence-electron chi connectivity index (χ3n) is 3.34. The van der Waals surface area contributed by atoms with Gasteiger partial charge >= 0.3 is 5.97 Å². The molecule has 4 nitrogen and oxygen atoms in total. The van der Waals surface area contributed by atoms with Crippen LogP contribution in [0.1, 0.15) is 43.0 Å². The number of nitrogen functional groups attached to an aromatic ring is 1. The Morgan fingerprint density at radius 2 is 2.22 bits per heavy atom. The normalized spacial score (nSPS) is 14.5. The minimum atomic E-state index is -0.967. The number of carboxylic acids is 1. The van der Waals surface area contributed by atoms with Crippen molar-refractivity contribution in [1.82, 2.24) is 0 Å². The Hall–Kier alpha value is -1.71. The van der Waals surface area contributed by atoms with Gasteiger partial charge in [-0.1, -0.05) is 13.3 Å². The zero-order valence-electron chi connectivity index (χ0n) is 10.7. The SMILES string of the molecule is CCCCN(c1ccc(C(=O)O)c(N)c1)C1CC1. The molecule has 3 N–H and O–H groups in total. The Labute approximate surface area is 107 Å². The first-order valence-electron chi connectivity index (χ1n) is 6.53. The molecule has 1 saturated carbocycles. The fraction of sp³-hybridized carbons (Fsp3) is 0.500. The minimum Gasteiger partial charge on any atom is -0.478 e. The third-order valence-corrected chi connectivity index (χ3v) is 3.34. The van der Waals surface area contributed by atoms with E-state index < -0.39 is 5.97 Å². The van der Waals surface area contributed by atoms with Crippen molar-refractivity contribution in [1.29, 1.82) is 0 Å². The van der Waals surface area contributed by atoms with Crippen LogP contribution in [0.5, 0.6) is 0 Å². The van der Waals surface area contributed by atoms with Gasteiger partial charge in [0.2, 0.25) is 0 Å². The maximum absolute atomic E-state index is 10.9. The molecule has 0 radical (unpaired) electrons. The predicted molar refractivity (Wildman–Crippen MR) is 73.1 cm³/mol. The summed E-state index contributed by atoms with van der Waals surface area (Å²) >= 11 is 0. The quantitative estimate of drug-likeness (QED) is 0.760. The maximum Gasteiger partial charge on any atom is 0.337 e. The fourth-order valence-electron chi connectivity index (χ4n) is 2.16. The molecule has 0 amide bonds. The lowest BCUT2D eigenvalue weighted by Crippen LogP contribution is -2.26. The Balaban J connectivity index is 2.19. The number of carbonyl (C=O) groups is 1. The third kappa shape index (κ3) is 2.75. The molecule has 1 aliphatic rings. The van der Waals surface area contributed by atoms with Gasteiger partial charge in [0.25, 0.3) is 0 Å². The van der Waals surface area contributed by atoms with Crippen LogP contribution in [0, 0.1) is 0 Å². The smallest absolute Gasteiger partial charge is 0.337 e. The van der Waals surface area contributed by atoms with E-state index in [1.165, 1.54) is 12.8 Å². The number of hydrogen-bond acceptors (Lipinski definition) is 3. The molecule has 1 aromatic rings. The van der Waals surface area contributed by atoms with E-state index in [2.05, 4.69) is 11.8 Å². The van der Waals surface area contributed by atoms with Gasteiger partial charge in [0.1, 0.15) is 0 Å². The van der Waals surface area contributed by atoms with Crippen LogP contribution in [-0.2, 0) is 0 Å². The largest absolute Gasteiger partial charge is 0.478 e. The molecule has 0 saturated heterocycles. The van der Waals surface area contributed by atoms with E-state index in [9.17, 15) is 4.79 Å². The van der Waals surface area contributed by atoms with E-state index in [0.29, 0.717) is 11.7 Å². The molecule has 0 bridgehead atoms. The second-order valence-corrected chi connectivity index (χ2v) is 4.85. The lowest BCUT2D eigenvalue weighted by Gasteiger charge is -2.25. The number of hydrogen-bond donors (Lipinski definition) is 2. The van der Waals surface area contributed by atoms with Gasteiger partial charge in [0, 0.05) is 24.0 Å². The molecule has 4 heteroatoms. The Kier molecular flexibility index (Phi) is 3.75. The first kappa shape index (κ1) is 12.7. The average Bonchev–Trinajstić information content (AvgIpc) is 3.13. The molecule has 0 spiro atoms. The van der Waals surface area contributed by atoms with Crippen LogP contribution in [0.2, 0.25) is 0 Å². The summed E-state index contributed by atoms with van der Waals surface area (Å²) in [6.45, 7) is 3.19. The van der Waals surface area contributed by atoms with Crippen molar-refractivity contribution in [2.24, 2.45) is 0 Å². The van der Waals surface area contributed by atoms with Crippen LogP contribution < -0.4 is 10.6 Å². The molecule has 0 atom stereocenters. The molecule has 1 fully saturated rings. The summed E-state index contributed by atoms with van der Waals surface area (Å²) in [7, 11) is 0. The van der Waals surface area contributed by atoms with E-state index in [1.54, 1.807) is 12.1 Å². The second kappa shape index (κ2) is 5.29. The molecular weight excluding hydrogens is 228 g/mol. The van der Waals surface area contributed by atoms with E-state index in [1.807, 2.05) is 6.07 Å². The molecule has 98 valence electrons. The van der Waals surface area contributed by atoms with Crippen molar-refractivity contribution >= 4 is 17.3 Å². The zero-order chi connectivity index (χ0) is 13.1. The maximum atomic E-state index is 10.9. The van der Waals surface area contributed by atoms with Crippen LogP contribution in [0.4, 0.5) is 11.4 Å². The van der Waals surface area contributed by atoms with Crippen LogP contribution in [0.3, 0.4) is 0 Å². The first-order valence-corrected chi connectivity index (χ1v) is 6.53. The van der Waals surface area contributed by atoms with Crippen molar-refractivity contribution in [3.05, 3.63) is 23.8 Å². The van der Waals surface area contributed by atoms with Gasteiger partial charge in [-0.15, -0.1) is 0 Å². The number of nitrogens with two attached hydrogens (primary N) is 1. The average molecular weight is 248 g/mol. The Morgan fingerprint density at radius 1 is 1.50 bits per heavy atom. The molecule has 0 aromatic heterocycles. The summed E-state index contributed by atoms with van der Waals surface area (Å²) in [5.74, 6) is -0.967. The molecule has 0 unspecified atom stereocenters. The lowest BCUT2D eigenvalue weighted by molar-refractivity contribution is 0.0698. The number of aromatic carboxylic acids is 1. The fourth-order valence-corrected chi connectivity index (χ4v) is 2.16. The highest BCUT2D eigenvalue weighted by atomic mass is 16.4. The van der Waals surface area contributed by atoms with Crippen LogP contribution in [0.15, 0.2) is 18.2 Å². The van der Waals surface area contributed by atoms with Gasteiger partial charge < -0.3 is 15.7 Å². The topological polar surface area (TPSA) is 66.6 Å². The zero-order valence-corrected chi connectivity index (χ0v) is 10.7. The predicted octanol–water partition coefficient (Wildman–Crippen LogP) is 2.74. The van der Waals surface area contributed by atoms with Gasteiger partial charge in [-0.3, -0.25) is 0 Å². The summed E-state index contributed by atoms with van der Waals surface area (Å²) in [6.07, 6.45) is 4.76. The van der Waals surface area contributed by atoms with Crippen molar-refractivity contribution in [2.75, 3.05) is 17.2 Å². The summed E-state index contributed by atoms with van der Waals surface area (Å²) in [5, 5.41) is 8.96. The molecule has 0 aliphatic heterocycles. The molecule has 1 aliphatic carbocycles. The van der Waals surface area contributed by atoms with E-state index in [4.69, 9.17) is 10.8 Å². The van der Waals surface area contributed by atoms with Gasteiger partial charge in [-0.2, -0.15) is 0 Å². The van der Waals surface area contributed by atoms with E-state index in [-0.39, 0.29) is 5.56 Å². The standard InChI is InChI=1S/C14H20N2O2/c1-2-3-8-16(10-4-5-10)11-6-7-12(14(17)18)13(15)9-11/h6-7,9-10H,2-5,8,15H2,1H3,(H,17,18). The van der Waals surface area contributed by atoms with Crippen LogP contribution in [-0.4, -0.2) is 23.7 Å². The molecular formula is C14H20N2O2. The molecule has 18 heavy (non-hydrogen) atoms. The summed E-state index contributed by atoms with van der Waals surface area (Å²) in [5.41, 5.74) is 7.39. The number of carboxylic acid groups (broad SMARTS) is 1. The minimum absolute atomic E-state index is 0.185. The number of anilines is 2. The molecule has 1 aromatic carbocycles. The Bertz CT molecular complexity index is 441. The highest BCUT2D eigenvalue weighted by Gasteiger charge is 2.29. The highest BCUT2D eigenvalue weighted by molar-refractivity contribution is 5.94. The summed E-state index contributed by atoms with van der Waals surface area (Å²) < 4.78 is 0. The van der Waals surface area contributed by atoms with E-state index in [0.717, 1.165) is 25.1 Å². The van der Waals surface area contributed by atoms with E-state index >= 15 is 0 Å². The summed E-state index contributed by atoms with van der Waals surface area (Å²) in [6, 6.07) is 5.88. The molecule has 0 heterocycles. The molecule has 2 rings (SSSR count). The number of rotatable bonds is 6. The summed E-state index contributed by atoms with van der Waals surface area (Å²) in [4.78, 5) is 13.3. The first-order chi connectivity index (χ1) is 8.63. The van der Waals surface area contributed by atoms with Crippen molar-refractivity contribution < 1.29 is 9.90 Å². The van der Waals surface area contributed by atoms with Crippen molar-refractivity contribution in [3.8, 4) is 0 Å². The van der Waals surface area contributed by atoms with Gasteiger partial charge in [0.05, 0.1) is 5.56 Å².